The molecule has 1 fully saturated rings. The predicted molar refractivity (Wildman–Crippen MR) is 107 cm³/mol. The average molecular weight is 401 g/mol. The first-order valence-corrected chi connectivity index (χ1v) is 10.2. The van der Waals surface area contributed by atoms with E-state index in [9.17, 15) is 9.59 Å². The Kier molecular flexibility index (Phi) is 5.45. The standard InChI is InChI=1S/C19H23N5O3S/c1-12-16(28-19(20-12)24-8-10-27-11-9-24)17(25)22-23-18(26)21-15-7-6-13-4-2-3-5-14(13)15/h2-5,15H,6-11H2,1H3,(H,22,25)(H2,21,23,26). The Morgan fingerprint density at radius 3 is 2.82 bits per heavy atom. The first-order valence-electron chi connectivity index (χ1n) is 9.36. The van der Waals surface area contributed by atoms with Crippen LogP contribution in [0.5, 0.6) is 0 Å². The zero-order chi connectivity index (χ0) is 19.5. The number of urea groups is 1. The van der Waals surface area contributed by atoms with Gasteiger partial charge in [0.15, 0.2) is 5.13 Å². The number of aromatic nitrogens is 1. The maximum atomic E-state index is 12.5. The molecule has 0 radical (unpaired) electrons. The molecule has 1 aromatic carbocycles. The molecule has 2 aliphatic rings. The summed E-state index contributed by atoms with van der Waals surface area (Å²) < 4.78 is 5.35. The molecule has 3 amide bonds. The number of nitrogens with one attached hydrogen (secondary N) is 3. The molecule has 1 atom stereocenters. The van der Waals surface area contributed by atoms with E-state index in [1.165, 1.54) is 16.9 Å². The molecule has 0 spiro atoms. The van der Waals surface area contributed by atoms with Gasteiger partial charge >= 0.3 is 6.03 Å². The van der Waals surface area contributed by atoms with E-state index in [4.69, 9.17) is 4.74 Å². The zero-order valence-electron chi connectivity index (χ0n) is 15.7. The van der Waals surface area contributed by atoms with Crippen LogP contribution in [0.25, 0.3) is 0 Å². The zero-order valence-corrected chi connectivity index (χ0v) is 16.5. The minimum Gasteiger partial charge on any atom is -0.378 e. The van der Waals surface area contributed by atoms with Gasteiger partial charge in [0.2, 0.25) is 0 Å². The van der Waals surface area contributed by atoms with Crippen molar-refractivity contribution >= 4 is 28.4 Å². The highest BCUT2D eigenvalue weighted by Crippen LogP contribution is 2.30. The van der Waals surface area contributed by atoms with Crippen LogP contribution in [0, 0.1) is 6.92 Å². The van der Waals surface area contributed by atoms with Crippen molar-refractivity contribution in [3.8, 4) is 0 Å². The Hall–Kier alpha value is -2.65. The number of anilines is 1. The summed E-state index contributed by atoms with van der Waals surface area (Å²) in [5.41, 5.74) is 7.97. The third-order valence-corrected chi connectivity index (χ3v) is 6.22. The molecule has 9 heteroatoms. The normalized spacial score (nSPS) is 18.5. The van der Waals surface area contributed by atoms with Gasteiger partial charge in [-0.05, 0) is 30.9 Å². The van der Waals surface area contributed by atoms with Crippen LogP contribution in [-0.2, 0) is 11.2 Å². The van der Waals surface area contributed by atoms with Crippen LogP contribution >= 0.6 is 11.3 Å². The number of nitrogens with zero attached hydrogens (tertiary/aromatic N) is 2. The second-order valence-electron chi connectivity index (χ2n) is 6.85. The SMILES string of the molecule is Cc1nc(N2CCOCC2)sc1C(=O)NNC(=O)NC1CCc2ccccc21. The summed E-state index contributed by atoms with van der Waals surface area (Å²) in [6.45, 7) is 4.64. The van der Waals surface area contributed by atoms with E-state index in [2.05, 4.69) is 32.1 Å². The van der Waals surface area contributed by atoms with E-state index in [1.807, 2.05) is 18.2 Å². The molecule has 1 aliphatic carbocycles. The summed E-state index contributed by atoms with van der Waals surface area (Å²) in [6, 6.07) is 7.62. The van der Waals surface area contributed by atoms with Crippen molar-refractivity contribution in [2.24, 2.45) is 0 Å². The summed E-state index contributed by atoms with van der Waals surface area (Å²) >= 11 is 1.32. The molecule has 4 rings (SSSR count). The Morgan fingerprint density at radius 2 is 2.00 bits per heavy atom. The van der Waals surface area contributed by atoms with Crippen molar-refractivity contribution in [2.45, 2.75) is 25.8 Å². The minimum atomic E-state index is -0.425. The van der Waals surface area contributed by atoms with E-state index in [1.54, 1.807) is 6.92 Å². The summed E-state index contributed by atoms with van der Waals surface area (Å²) in [6.07, 6.45) is 1.80. The Labute approximate surface area is 167 Å². The van der Waals surface area contributed by atoms with Crippen molar-refractivity contribution in [2.75, 3.05) is 31.2 Å². The molecule has 1 saturated heterocycles. The van der Waals surface area contributed by atoms with Gasteiger partial charge in [-0.3, -0.25) is 10.2 Å². The first kappa shape index (κ1) is 18.7. The van der Waals surface area contributed by atoms with Crippen LogP contribution in [-0.4, -0.2) is 43.2 Å². The number of carbonyl (C=O) groups is 2. The largest absolute Gasteiger partial charge is 0.378 e. The molecule has 3 N–H and O–H groups in total. The molecular formula is C19H23N5O3S. The van der Waals surface area contributed by atoms with Crippen molar-refractivity contribution < 1.29 is 14.3 Å². The van der Waals surface area contributed by atoms with Gasteiger partial charge in [0.1, 0.15) is 4.88 Å². The number of thiazole rings is 1. The Bertz CT molecular complexity index is 878. The number of hydrogen-bond acceptors (Lipinski definition) is 6. The highest BCUT2D eigenvalue weighted by atomic mass is 32.1. The third-order valence-electron chi connectivity index (χ3n) is 5.00. The predicted octanol–water partition coefficient (Wildman–Crippen LogP) is 1.92. The lowest BCUT2D eigenvalue weighted by molar-refractivity contribution is 0.0939. The van der Waals surface area contributed by atoms with E-state index >= 15 is 0 Å². The van der Waals surface area contributed by atoms with Gasteiger partial charge in [-0.2, -0.15) is 0 Å². The lowest BCUT2D eigenvalue weighted by Crippen LogP contribution is -2.47. The molecule has 1 aromatic heterocycles. The lowest BCUT2D eigenvalue weighted by Gasteiger charge is -2.25. The number of hydrazine groups is 1. The number of rotatable bonds is 3. The van der Waals surface area contributed by atoms with Crippen molar-refractivity contribution in [1.82, 2.24) is 21.2 Å². The van der Waals surface area contributed by atoms with E-state index in [-0.39, 0.29) is 11.9 Å². The fourth-order valence-corrected chi connectivity index (χ4v) is 4.57. The number of aryl methyl sites for hydroxylation is 2. The summed E-state index contributed by atoms with van der Waals surface area (Å²) in [5, 5.41) is 3.72. The highest BCUT2D eigenvalue weighted by Gasteiger charge is 2.24. The molecule has 1 unspecified atom stereocenters. The van der Waals surface area contributed by atoms with Crippen LogP contribution in [0.2, 0.25) is 0 Å². The van der Waals surface area contributed by atoms with Gasteiger partial charge < -0.3 is 15.0 Å². The van der Waals surface area contributed by atoms with E-state index in [0.717, 1.165) is 36.6 Å². The van der Waals surface area contributed by atoms with Crippen molar-refractivity contribution in [1.29, 1.82) is 0 Å². The van der Waals surface area contributed by atoms with Gasteiger partial charge in [-0.25, -0.2) is 15.2 Å². The maximum Gasteiger partial charge on any atom is 0.333 e. The summed E-state index contributed by atoms with van der Waals surface area (Å²) in [5.74, 6) is -0.364. The van der Waals surface area contributed by atoms with Crippen LogP contribution in [0.15, 0.2) is 24.3 Å². The maximum absolute atomic E-state index is 12.5. The fourth-order valence-electron chi connectivity index (χ4n) is 3.55. The van der Waals surface area contributed by atoms with Gasteiger partial charge in [0.05, 0.1) is 24.9 Å². The third kappa shape index (κ3) is 3.95. The summed E-state index contributed by atoms with van der Waals surface area (Å²) in [4.78, 5) is 31.8. The number of hydrogen-bond donors (Lipinski definition) is 3. The fraction of sp³-hybridized carbons (Fsp3) is 0.421. The van der Waals surface area contributed by atoms with Crippen LogP contribution in [0.4, 0.5) is 9.93 Å². The lowest BCUT2D eigenvalue weighted by atomic mass is 10.1. The molecule has 1 aliphatic heterocycles. The van der Waals surface area contributed by atoms with Crippen LogP contribution < -0.4 is 21.1 Å². The number of amides is 3. The van der Waals surface area contributed by atoms with Gasteiger partial charge in [-0.15, -0.1) is 0 Å². The number of morpholine rings is 1. The molecular weight excluding hydrogens is 378 g/mol. The molecule has 148 valence electrons. The van der Waals surface area contributed by atoms with Crippen molar-refractivity contribution in [3.05, 3.63) is 46.0 Å². The van der Waals surface area contributed by atoms with Crippen LogP contribution in [0.1, 0.15) is 39.0 Å². The van der Waals surface area contributed by atoms with Gasteiger partial charge in [0.25, 0.3) is 5.91 Å². The second kappa shape index (κ2) is 8.15. The number of benzene rings is 1. The van der Waals surface area contributed by atoms with Crippen LogP contribution in [0.3, 0.4) is 0 Å². The number of carbonyl (C=O) groups excluding carboxylic acids is 2. The van der Waals surface area contributed by atoms with Crippen molar-refractivity contribution in [3.63, 3.8) is 0 Å². The molecule has 0 saturated carbocycles. The molecule has 28 heavy (non-hydrogen) atoms. The van der Waals surface area contributed by atoms with Gasteiger partial charge in [-0.1, -0.05) is 35.6 Å². The molecule has 0 bridgehead atoms. The molecule has 2 heterocycles. The first-order chi connectivity index (χ1) is 13.6. The van der Waals surface area contributed by atoms with E-state index < -0.39 is 6.03 Å². The topological polar surface area (TPSA) is 95.6 Å². The number of fused-ring (bicyclic) bond motifs is 1. The van der Waals surface area contributed by atoms with E-state index in [0.29, 0.717) is 23.8 Å². The minimum absolute atomic E-state index is 0.0360. The molecule has 8 nitrogen and oxygen atoms in total. The Balaban J connectivity index is 1.32. The average Bonchev–Trinajstić information content (AvgIpc) is 3.31. The van der Waals surface area contributed by atoms with Gasteiger partial charge in [0, 0.05) is 13.1 Å². The quantitative estimate of drug-likeness (QED) is 0.683. The molecule has 2 aromatic rings. The monoisotopic (exact) mass is 401 g/mol. The summed E-state index contributed by atoms with van der Waals surface area (Å²) in [7, 11) is 0. The second-order valence-corrected chi connectivity index (χ2v) is 7.83. The Morgan fingerprint density at radius 1 is 1.21 bits per heavy atom. The number of ether oxygens (including phenoxy) is 1. The highest BCUT2D eigenvalue weighted by molar-refractivity contribution is 7.17. The smallest absolute Gasteiger partial charge is 0.333 e.